The van der Waals surface area contributed by atoms with Crippen LogP contribution >= 0.6 is 15.9 Å². The molecular weight excluding hydrogens is 442 g/mol. The van der Waals surface area contributed by atoms with Gasteiger partial charge in [-0.2, -0.15) is 5.10 Å². The Kier molecular flexibility index (Phi) is 6.72. The third-order valence-corrected chi connectivity index (χ3v) is 5.74. The molecule has 0 radical (unpaired) electrons. The summed E-state index contributed by atoms with van der Waals surface area (Å²) in [6.07, 6.45) is 0. The second kappa shape index (κ2) is 9.26. The molecule has 2 aromatic carbocycles. The standard InChI is InChI=1S/C23H26BrN5O/c1-14-10-11-15(2)21(12-14)26-23(25-13-19-16(3)28-29(5)17(19)4)27-22(30)18-8-6-7-9-20(18)24/h6-12H,13H2,1-5H3,(H2,25,26,27,30). The topological polar surface area (TPSA) is 71.3 Å². The summed E-state index contributed by atoms with van der Waals surface area (Å²) in [5, 5.41) is 10.7. The van der Waals surface area contributed by atoms with E-state index in [1.54, 1.807) is 6.07 Å². The molecule has 30 heavy (non-hydrogen) atoms. The monoisotopic (exact) mass is 467 g/mol. The molecule has 0 aliphatic rings. The molecular formula is C23H26BrN5O. The number of aliphatic imine (C=N–C) groups is 1. The molecule has 2 N–H and O–H groups in total. The molecule has 0 unspecified atom stereocenters. The quantitative estimate of drug-likeness (QED) is 0.426. The molecule has 0 aliphatic carbocycles. The summed E-state index contributed by atoms with van der Waals surface area (Å²) < 4.78 is 2.57. The van der Waals surface area contributed by atoms with Gasteiger partial charge in [-0.25, -0.2) is 4.99 Å². The highest BCUT2D eigenvalue weighted by Gasteiger charge is 2.14. The second-order valence-corrected chi connectivity index (χ2v) is 8.17. The fourth-order valence-corrected chi connectivity index (χ4v) is 3.60. The Bertz CT molecular complexity index is 1120. The van der Waals surface area contributed by atoms with Crippen LogP contribution in [-0.2, 0) is 13.6 Å². The molecule has 156 valence electrons. The van der Waals surface area contributed by atoms with Crippen molar-refractivity contribution < 1.29 is 4.79 Å². The molecule has 6 nitrogen and oxygen atoms in total. The maximum atomic E-state index is 12.9. The maximum absolute atomic E-state index is 12.9. The summed E-state index contributed by atoms with van der Waals surface area (Å²) in [7, 11) is 1.92. The van der Waals surface area contributed by atoms with Gasteiger partial charge in [0.1, 0.15) is 0 Å². The van der Waals surface area contributed by atoms with E-state index in [2.05, 4.69) is 37.7 Å². The molecule has 0 fully saturated rings. The van der Waals surface area contributed by atoms with Crippen molar-refractivity contribution in [3.05, 3.63) is 80.6 Å². The van der Waals surface area contributed by atoms with Gasteiger partial charge < -0.3 is 5.32 Å². The highest BCUT2D eigenvalue weighted by atomic mass is 79.9. The highest BCUT2D eigenvalue weighted by molar-refractivity contribution is 9.10. The van der Waals surface area contributed by atoms with Gasteiger partial charge in [0.15, 0.2) is 0 Å². The average Bonchev–Trinajstić information content (AvgIpc) is 2.94. The zero-order valence-corrected chi connectivity index (χ0v) is 19.5. The van der Waals surface area contributed by atoms with Crippen LogP contribution in [0.4, 0.5) is 5.69 Å². The highest BCUT2D eigenvalue weighted by Crippen LogP contribution is 2.18. The first-order valence-electron chi connectivity index (χ1n) is 9.70. The Morgan fingerprint density at radius 1 is 1.13 bits per heavy atom. The Labute approximate surface area is 185 Å². The normalized spacial score (nSPS) is 11.5. The summed E-state index contributed by atoms with van der Waals surface area (Å²) in [6, 6.07) is 13.4. The summed E-state index contributed by atoms with van der Waals surface area (Å²) in [6.45, 7) is 8.44. The zero-order chi connectivity index (χ0) is 21.8. The van der Waals surface area contributed by atoms with Crippen LogP contribution in [0.3, 0.4) is 0 Å². The number of carbonyl (C=O) groups excluding carboxylic acids is 1. The molecule has 3 rings (SSSR count). The van der Waals surface area contributed by atoms with Gasteiger partial charge >= 0.3 is 0 Å². The number of nitrogens with zero attached hydrogens (tertiary/aromatic N) is 3. The number of benzene rings is 2. The minimum Gasteiger partial charge on any atom is -0.326 e. The van der Waals surface area contributed by atoms with E-state index < -0.39 is 0 Å². The predicted molar refractivity (Wildman–Crippen MR) is 125 cm³/mol. The van der Waals surface area contributed by atoms with Gasteiger partial charge in [-0.1, -0.05) is 24.3 Å². The van der Waals surface area contributed by atoms with Gasteiger partial charge in [0.05, 0.1) is 17.8 Å². The lowest BCUT2D eigenvalue weighted by Crippen LogP contribution is -2.36. The summed E-state index contributed by atoms with van der Waals surface area (Å²) >= 11 is 3.44. The van der Waals surface area contributed by atoms with E-state index in [0.29, 0.717) is 18.1 Å². The van der Waals surface area contributed by atoms with Crippen molar-refractivity contribution in [2.45, 2.75) is 34.2 Å². The van der Waals surface area contributed by atoms with E-state index >= 15 is 0 Å². The molecule has 1 heterocycles. The van der Waals surface area contributed by atoms with Crippen LogP contribution in [0, 0.1) is 27.7 Å². The Balaban J connectivity index is 1.92. The van der Waals surface area contributed by atoms with Crippen molar-refractivity contribution in [3.8, 4) is 0 Å². The van der Waals surface area contributed by atoms with Crippen LogP contribution < -0.4 is 10.6 Å². The molecule has 0 saturated heterocycles. The minimum atomic E-state index is -0.237. The summed E-state index contributed by atoms with van der Waals surface area (Å²) in [5.41, 5.74) is 6.67. The number of anilines is 1. The van der Waals surface area contributed by atoms with E-state index in [4.69, 9.17) is 4.99 Å². The van der Waals surface area contributed by atoms with Gasteiger partial charge in [0.25, 0.3) is 5.91 Å². The number of amides is 1. The average molecular weight is 468 g/mol. The lowest BCUT2D eigenvalue weighted by molar-refractivity contribution is 0.0976. The molecule has 0 spiro atoms. The smallest absolute Gasteiger partial charge is 0.259 e. The number of carbonyl (C=O) groups is 1. The largest absolute Gasteiger partial charge is 0.326 e. The van der Waals surface area contributed by atoms with Gasteiger partial charge in [-0.15, -0.1) is 0 Å². The van der Waals surface area contributed by atoms with Crippen LogP contribution in [-0.4, -0.2) is 21.6 Å². The first-order valence-corrected chi connectivity index (χ1v) is 10.5. The SMILES string of the molecule is Cc1ccc(C)c(NC(=NCc2c(C)nn(C)c2C)NC(=O)c2ccccc2Br)c1. The molecule has 0 atom stereocenters. The third-order valence-electron chi connectivity index (χ3n) is 5.05. The fourth-order valence-electron chi connectivity index (χ4n) is 3.13. The lowest BCUT2D eigenvalue weighted by atomic mass is 10.1. The summed E-state index contributed by atoms with van der Waals surface area (Å²) in [5.74, 6) is 0.158. The van der Waals surface area contributed by atoms with Crippen molar-refractivity contribution in [3.63, 3.8) is 0 Å². The number of nitrogens with one attached hydrogen (secondary N) is 2. The van der Waals surface area contributed by atoms with Crippen molar-refractivity contribution in [1.29, 1.82) is 0 Å². The molecule has 1 aromatic heterocycles. The van der Waals surface area contributed by atoms with E-state index in [0.717, 1.165) is 38.2 Å². The van der Waals surface area contributed by atoms with Crippen molar-refractivity contribution in [2.24, 2.45) is 12.0 Å². The second-order valence-electron chi connectivity index (χ2n) is 7.32. The fraction of sp³-hybridized carbons (Fsp3) is 0.261. The van der Waals surface area contributed by atoms with Crippen LogP contribution in [0.25, 0.3) is 0 Å². The van der Waals surface area contributed by atoms with Gasteiger partial charge in [0.2, 0.25) is 5.96 Å². The first-order chi connectivity index (χ1) is 14.3. The van der Waals surface area contributed by atoms with E-state index in [1.807, 2.05) is 69.8 Å². The number of guanidine groups is 1. The number of aromatic nitrogens is 2. The predicted octanol–water partition coefficient (Wildman–Crippen LogP) is 4.81. The maximum Gasteiger partial charge on any atom is 0.259 e. The van der Waals surface area contributed by atoms with Crippen LogP contribution in [0.15, 0.2) is 51.9 Å². The Morgan fingerprint density at radius 2 is 1.87 bits per heavy atom. The Morgan fingerprint density at radius 3 is 2.53 bits per heavy atom. The van der Waals surface area contributed by atoms with Crippen LogP contribution in [0.2, 0.25) is 0 Å². The van der Waals surface area contributed by atoms with Crippen molar-refractivity contribution in [2.75, 3.05) is 5.32 Å². The first kappa shape index (κ1) is 21.8. The number of hydrogen-bond donors (Lipinski definition) is 2. The van der Waals surface area contributed by atoms with Gasteiger partial charge in [-0.05, 0) is 73.0 Å². The molecule has 3 aromatic rings. The minimum absolute atomic E-state index is 0.237. The van der Waals surface area contributed by atoms with Crippen LogP contribution in [0.5, 0.6) is 0 Å². The van der Waals surface area contributed by atoms with Crippen LogP contribution in [0.1, 0.15) is 38.4 Å². The molecule has 0 saturated carbocycles. The number of aryl methyl sites for hydroxylation is 4. The van der Waals surface area contributed by atoms with Crippen molar-refractivity contribution >= 4 is 33.5 Å². The molecule has 7 heteroatoms. The third kappa shape index (κ3) is 4.97. The van der Waals surface area contributed by atoms with E-state index in [1.165, 1.54) is 0 Å². The van der Waals surface area contributed by atoms with Crippen molar-refractivity contribution in [1.82, 2.24) is 15.1 Å². The lowest BCUT2D eigenvalue weighted by Gasteiger charge is -2.15. The molecule has 0 aliphatic heterocycles. The number of halogens is 1. The van der Waals surface area contributed by atoms with E-state index in [9.17, 15) is 4.79 Å². The summed E-state index contributed by atoms with van der Waals surface area (Å²) in [4.78, 5) is 17.6. The number of hydrogen-bond acceptors (Lipinski definition) is 3. The number of rotatable bonds is 4. The van der Waals surface area contributed by atoms with Gasteiger partial charge in [0, 0.05) is 28.5 Å². The van der Waals surface area contributed by atoms with E-state index in [-0.39, 0.29) is 5.91 Å². The zero-order valence-electron chi connectivity index (χ0n) is 17.9. The van der Waals surface area contributed by atoms with Gasteiger partial charge in [-0.3, -0.25) is 14.8 Å². The Hall–Kier alpha value is -2.93. The molecule has 1 amide bonds. The molecule has 0 bridgehead atoms.